The average Bonchev–Trinajstić information content (AvgIpc) is 3.30. The Morgan fingerprint density at radius 1 is 0.515 bits per heavy atom. The predicted octanol–water partition coefficient (Wildman–Crippen LogP) is 16.9. The highest BCUT2D eigenvalue weighted by Gasteiger charge is 2.23. The van der Waals surface area contributed by atoms with Crippen LogP contribution < -0.4 is 10.2 Å². The molecule has 2 N–H and O–H groups in total. The number of carbonyl (C=O) groups excluding carboxylic acids is 1. The summed E-state index contributed by atoms with van der Waals surface area (Å²) in [6.07, 6.45) is 66.2. The minimum atomic E-state index is -4.61. The van der Waals surface area contributed by atoms with Gasteiger partial charge in [-0.2, -0.15) is 0 Å². The number of quaternary nitrogens is 1. The SMILES string of the molecule is CCCCCCC/C=C\C/C=C\CCCCCCCCCCCCCCCC(=O)NC(COP(=O)([O-])OCC[N+](C)(C)C)C(O)/C=C/CC/C=C/CCCCCCCCCCCCCCCCC. The summed E-state index contributed by atoms with van der Waals surface area (Å²) in [5.41, 5.74) is 0. The summed E-state index contributed by atoms with van der Waals surface area (Å²) in [4.78, 5) is 25.5. The van der Waals surface area contributed by atoms with Crippen LogP contribution in [0.1, 0.15) is 271 Å². The van der Waals surface area contributed by atoms with E-state index in [0.717, 1.165) is 44.9 Å². The van der Waals surface area contributed by atoms with Gasteiger partial charge < -0.3 is 28.8 Å². The first-order valence-electron chi connectivity index (χ1n) is 29.0. The first-order chi connectivity index (χ1) is 33.0. The number of hydrogen-bond acceptors (Lipinski definition) is 6. The number of nitrogens with one attached hydrogen (secondary N) is 1. The fourth-order valence-corrected chi connectivity index (χ4v) is 9.16. The number of nitrogens with zero attached hydrogens (tertiary/aromatic N) is 1. The Bertz CT molecular complexity index is 1250. The number of phosphoric ester groups is 1. The van der Waals surface area contributed by atoms with Crippen molar-refractivity contribution in [3.63, 3.8) is 0 Å². The van der Waals surface area contributed by atoms with Gasteiger partial charge in [0, 0.05) is 6.42 Å². The molecule has 0 aliphatic carbocycles. The van der Waals surface area contributed by atoms with Crippen molar-refractivity contribution in [1.29, 1.82) is 0 Å². The first kappa shape index (κ1) is 66.5. The molecule has 0 aliphatic heterocycles. The van der Waals surface area contributed by atoms with Gasteiger partial charge in [-0.25, -0.2) is 0 Å². The lowest BCUT2D eigenvalue weighted by Gasteiger charge is -2.29. The normalized spacial score (nSPS) is 14.3. The Kier molecular flexibility index (Phi) is 49.3. The molecule has 68 heavy (non-hydrogen) atoms. The fraction of sp³-hybridized carbons (Fsp3) is 0.847. The Balaban J connectivity index is 4.24. The summed E-state index contributed by atoms with van der Waals surface area (Å²) < 4.78 is 23.3. The number of likely N-dealkylation sites (N-methyl/N-ethyl adjacent to an activating group) is 1. The molecule has 8 nitrogen and oxygen atoms in total. The van der Waals surface area contributed by atoms with E-state index < -0.39 is 26.6 Å². The lowest BCUT2D eigenvalue weighted by molar-refractivity contribution is -0.870. The van der Waals surface area contributed by atoms with Gasteiger partial charge in [-0.15, -0.1) is 0 Å². The van der Waals surface area contributed by atoms with Gasteiger partial charge in [0.2, 0.25) is 5.91 Å². The number of aliphatic hydroxyl groups excluding tert-OH is 1. The number of hydrogen-bond donors (Lipinski definition) is 2. The highest BCUT2D eigenvalue weighted by Crippen LogP contribution is 2.38. The number of allylic oxidation sites excluding steroid dienone is 7. The molecule has 0 aliphatic rings. The molecule has 400 valence electrons. The van der Waals surface area contributed by atoms with E-state index >= 15 is 0 Å². The van der Waals surface area contributed by atoms with Crippen molar-refractivity contribution in [1.82, 2.24) is 5.32 Å². The molecule has 1 amide bonds. The molecule has 0 fully saturated rings. The summed E-state index contributed by atoms with van der Waals surface area (Å²) in [6, 6.07) is -0.905. The number of carbonyl (C=O) groups is 1. The van der Waals surface area contributed by atoms with E-state index in [2.05, 4.69) is 55.6 Å². The molecule has 0 saturated carbocycles. The minimum absolute atomic E-state index is 0.00666. The average molecular weight is 978 g/mol. The molecule has 0 spiro atoms. The summed E-state index contributed by atoms with van der Waals surface area (Å²) in [6.45, 7) is 4.64. The quantitative estimate of drug-likeness (QED) is 0.0272. The highest BCUT2D eigenvalue weighted by molar-refractivity contribution is 7.45. The summed E-state index contributed by atoms with van der Waals surface area (Å²) in [5, 5.41) is 13.9. The molecule has 0 aromatic rings. The van der Waals surface area contributed by atoms with Gasteiger partial charge in [-0.05, 0) is 64.2 Å². The van der Waals surface area contributed by atoms with Crippen molar-refractivity contribution in [2.24, 2.45) is 0 Å². The molecule has 3 unspecified atom stereocenters. The van der Waals surface area contributed by atoms with Crippen LogP contribution >= 0.6 is 7.82 Å². The van der Waals surface area contributed by atoms with Crippen molar-refractivity contribution in [3.8, 4) is 0 Å². The van der Waals surface area contributed by atoms with Crippen molar-refractivity contribution in [2.75, 3.05) is 40.9 Å². The zero-order valence-electron chi connectivity index (χ0n) is 45.6. The molecule has 0 rings (SSSR count). The van der Waals surface area contributed by atoms with E-state index in [1.807, 2.05) is 27.2 Å². The number of phosphoric acid groups is 1. The standard InChI is InChI=1S/C59H113N2O6P/c1-6-8-10-12-14-16-18-20-22-24-26-28-29-30-31-33-35-37-39-41-43-45-47-49-51-53-59(63)60-57(56-67-68(64,65)66-55-54-61(3,4)5)58(62)52-50-48-46-44-42-40-38-36-34-32-27-25-23-21-19-17-15-13-11-9-7-2/h18,20,24,26,42,44,50,52,57-58,62H,6-17,19,21-23,25,27-41,43,45-49,51,53-56H2,1-5H3,(H-,60,63,64,65)/b20-18-,26-24-,44-42+,52-50+. The van der Waals surface area contributed by atoms with E-state index in [0.29, 0.717) is 17.4 Å². The Labute approximate surface area is 422 Å². The van der Waals surface area contributed by atoms with Crippen LogP contribution in [0.4, 0.5) is 0 Å². The molecule has 9 heteroatoms. The van der Waals surface area contributed by atoms with Gasteiger partial charge in [0.05, 0.1) is 39.9 Å². The van der Waals surface area contributed by atoms with E-state index in [-0.39, 0.29) is 12.5 Å². The van der Waals surface area contributed by atoms with Crippen LogP contribution in [0.2, 0.25) is 0 Å². The van der Waals surface area contributed by atoms with Gasteiger partial charge in [0.25, 0.3) is 7.82 Å². The molecular formula is C59H113N2O6P. The van der Waals surface area contributed by atoms with Crippen molar-refractivity contribution in [2.45, 2.75) is 283 Å². The topological polar surface area (TPSA) is 108 Å². The molecule has 3 atom stereocenters. The summed E-state index contributed by atoms with van der Waals surface area (Å²) >= 11 is 0. The second kappa shape index (κ2) is 50.4. The van der Waals surface area contributed by atoms with Gasteiger partial charge in [-0.3, -0.25) is 9.36 Å². The van der Waals surface area contributed by atoms with Crippen LogP contribution in [0.25, 0.3) is 0 Å². The van der Waals surface area contributed by atoms with Crippen LogP contribution in [0, 0.1) is 0 Å². The zero-order valence-corrected chi connectivity index (χ0v) is 46.5. The van der Waals surface area contributed by atoms with Crippen LogP contribution in [0.5, 0.6) is 0 Å². The summed E-state index contributed by atoms with van der Waals surface area (Å²) in [5.74, 6) is -0.206. The summed E-state index contributed by atoms with van der Waals surface area (Å²) in [7, 11) is 1.25. The maximum absolute atomic E-state index is 13.0. The minimum Gasteiger partial charge on any atom is -0.756 e. The Morgan fingerprint density at radius 3 is 1.28 bits per heavy atom. The molecule has 0 saturated heterocycles. The maximum Gasteiger partial charge on any atom is 0.268 e. The van der Waals surface area contributed by atoms with Crippen molar-refractivity contribution in [3.05, 3.63) is 48.6 Å². The number of unbranched alkanes of at least 4 members (excludes halogenated alkanes) is 34. The number of rotatable bonds is 53. The smallest absolute Gasteiger partial charge is 0.268 e. The predicted molar refractivity (Wildman–Crippen MR) is 293 cm³/mol. The van der Waals surface area contributed by atoms with Gasteiger partial charge in [-0.1, -0.05) is 249 Å². The van der Waals surface area contributed by atoms with Crippen molar-refractivity contribution >= 4 is 13.7 Å². The second-order valence-electron chi connectivity index (χ2n) is 21.0. The van der Waals surface area contributed by atoms with Gasteiger partial charge in [0.15, 0.2) is 0 Å². The molecule has 0 aromatic heterocycles. The van der Waals surface area contributed by atoms with E-state index in [1.54, 1.807) is 6.08 Å². The third kappa shape index (κ3) is 52.3. The molecule has 0 radical (unpaired) electrons. The fourth-order valence-electron chi connectivity index (χ4n) is 8.44. The Hall–Kier alpha value is -1.54. The van der Waals surface area contributed by atoms with Crippen molar-refractivity contribution < 1.29 is 32.9 Å². The monoisotopic (exact) mass is 977 g/mol. The zero-order chi connectivity index (χ0) is 49.9. The van der Waals surface area contributed by atoms with Crippen LogP contribution in [0.15, 0.2) is 48.6 Å². The van der Waals surface area contributed by atoms with Gasteiger partial charge in [0.1, 0.15) is 13.2 Å². The lowest BCUT2D eigenvalue weighted by Crippen LogP contribution is -2.45. The van der Waals surface area contributed by atoms with E-state index in [4.69, 9.17) is 9.05 Å². The number of aliphatic hydroxyl groups is 1. The highest BCUT2D eigenvalue weighted by atomic mass is 31.2. The van der Waals surface area contributed by atoms with Crippen LogP contribution in [-0.2, 0) is 18.4 Å². The van der Waals surface area contributed by atoms with E-state index in [9.17, 15) is 19.4 Å². The largest absolute Gasteiger partial charge is 0.756 e. The molecular weight excluding hydrogens is 864 g/mol. The van der Waals surface area contributed by atoms with Crippen LogP contribution in [-0.4, -0.2) is 68.5 Å². The van der Waals surface area contributed by atoms with Gasteiger partial charge >= 0.3 is 0 Å². The number of amides is 1. The first-order valence-corrected chi connectivity index (χ1v) is 30.5. The third-order valence-corrected chi connectivity index (χ3v) is 14.0. The van der Waals surface area contributed by atoms with E-state index in [1.165, 1.54) is 205 Å². The molecule has 0 aromatic carbocycles. The maximum atomic E-state index is 13.0. The van der Waals surface area contributed by atoms with Crippen LogP contribution in [0.3, 0.4) is 0 Å². The third-order valence-electron chi connectivity index (χ3n) is 13.0. The second-order valence-corrected chi connectivity index (χ2v) is 22.4. The Morgan fingerprint density at radius 2 is 0.868 bits per heavy atom. The lowest BCUT2D eigenvalue weighted by atomic mass is 10.0. The molecule has 0 bridgehead atoms. The molecule has 0 heterocycles.